The topological polar surface area (TPSA) is 237 Å². The van der Waals surface area contributed by atoms with Crippen molar-refractivity contribution in [1.29, 1.82) is 0 Å². The van der Waals surface area contributed by atoms with E-state index in [1.54, 1.807) is 0 Å². The Balaban J connectivity index is 5.18. The van der Waals surface area contributed by atoms with Crippen molar-refractivity contribution in [3.05, 3.63) is 24.3 Å². The van der Waals surface area contributed by atoms with E-state index in [2.05, 4.69) is 58.9 Å². The molecule has 0 aliphatic heterocycles. The Hall–Kier alpha value is -2.46. The van der Waals surface area contributed by atoms with Gasteiger partial charge in [0.15, 0.2) is 12.2 Å². The second kappa shape index (κ2) is 65.8. The Kier molecular flexibility index (Phi) is 64.0. The molecular formula is C73H138O17P2. The normalized spacial score (nSPS) is 14.2. The molecule has 0 saturated heterocycles. The third-order valence-electron chi connectivity index (χ3n) is 16.4. The van der Waals surface area contributed by atoms with Gasteiger partial charge < -0.3 is 33.8 Å². The second-order valence-electron chi connectivity index (χ2n) is 26.1. The molecule has 0 heterocycles. The summed E-state index contributed by atoms with van der Waals surface area (Å²) in [7, 11) is -9.91. The monoisotopic (exact) mass is 1350 g/mol. The lowest BCUT2D eigenvalue weighted by molar-refractivity contribution is -0.161. The smallest absolute Gasteiger partial charge is 0.462 e. The SMILES string of the molecule is CCCCCC/C=C\C=C/CCCCCCCC(=O)OC[C@H](COP(=O)(O)OC[C@@H](O)COP(=O)(O)OC[C@@H](COC(=O)CCCCCCC)OC(=O)CCCCCCCCCCCCCCCC)OC(=O)CCCCCCCCCCCCCCCCCC(C)C. The van der Waals surface area contributed by atoms with Gasteiger partial charge in [-0.2, -0.15) is 0 Å². The van der Waals surface area contributed by atoms with Gasteiger partial charge in [-0.05, 0) is 57.3 Å². The molecule has 0 radical (unpaired) electrons. The minimum Gasteiger partial charge on any atom is -0.462 e. The van der Waals surface area contributed by atoms with Crippen LogP contribution < -0.4 is 0 Å². The largest absolute Gasteiger partial charge is 0.472 e. The number of aliphatic hydroxyl groups excluding tert-OH is 1. The van der Waals surface area contributed by atoms with E-state index in [0.717, 1.165) is 121 Å². The summed E-state index contributed by atoms with van der Waals surface area (Å²) in [6, 6.07) is 0. The molecule has 0 fully saturated rings. The zero-order chi connectivity index (χ0) is 67.7. The third-order valence-corrected chi connectivity index (χ3v) is 18.3. The molecule has 0 aliphatic carbocycles. The highest BCUT2D eigenvalue weighted by Gasteiger charge is 2.30. The first-order valence-corrected chi connectivity index (χ1v) is 40.4. The lowest BCUT2D eigenvalue weighted by atomic mass is 10.0. The number of phosphoric ester groups is 2. The molecule has 0 bridgehead atoms. The average molecular weight is 1350 g/mol. The number of aliphatic hydroxyl groups is 1. The maximum absolute atomic E-state index is 13.0. The molecule has 0 aromatic carbocycles. The Morgan fingerprint density at radius 3 is 0.891 bits per heavy atom. The van der Waals surface area contributed by atoms with Gasteiger partial charge in [-0.3, -0.25) is 37.3 Å². The number of carbonyl (C=O) groups excluding carboxylic acids is 4. The van der Waals surface area contributed by atoms with Crippen LogP contribution >= 0.6 is 15.6 Å². The maximum Gasteiger partial charge on any atom is 0.472 e. The molecule has 0 amide bonds. The molecule has 0 aliphatic rings. The Morgan fingerprint density at radius 2 is 0.587 bits per heavy atom. The van der Waals surface area contributed by atoms with Crippen molar-refractivity contribution >= 4 is 39.5 Å². The van der Waals surface area contributed by atoms with Crippen molar-refractivity contribution in [1.82, 2.24) is 0 Å². The van der Waals surface area contributed by atoms with Crippen molar-refractivity contribution in [2.24, 2.45) is 5.92 Å². The van der Waals surface area contributed by atoms with Crippen molar-refractivity contribution in [3.63, 3.8) is 0 Å². The number of allylic oxidation sites excluding steroid dienone is 4. The lowest BCUT2D eigenvalue weighted by Crippen LogP contribution is -2.30. The molecule has 3 N–H and O–H groups in total. The molecule has 542 valence electrons. The van der Waals surface area contributed by atoms with E-state index in [9.17, 15) is 43.2 Å². The first kappa shape index (κ1) is 89.5. The van der Waals surface area contributed by atoms with Crippen LogP contribution in [0.5, 0.6) is 0 Å². The van der Waals surface area contributed by atoms with Gasteiger partial charge in [0.05, 0.1) is 26.4 Å². The standard InChI is InChI=1S/C73H138O17P2/c1-6-9-12-15-17-19-21-23-26-31-34-38-42-47-52-57-71(76)84-63-69(90-73(78)59-54-49-44-40-36-32-28-25-27-29-33-37-41-46-50-55-66(4)5)65-88-92(81,82)86-61-67(74)60-85-91(79,80)87-64-68(62-83-70(75)56-51-45-14-11-8-3)89-72(77)58-53-48-43-39-35-30-24-22-20-18-16-13-10-7-2/h19,21,23,26,66-69,74H,6-18,20,22,24-25,27-65H2,1-5H3,(H,79,80)(H,81,82)/b21-19-,26-23-/t67-,68+,69+/m0/s1. The predicted octanol–water partition coefficient (Wildman–Crippen LogP) is 20.9. The van der Waals surface area contributed by atoms with Gasteiger partial charge in [0.2, 0.25) is 0 Å². The number of ether oxygens (including phenoxy) is 4. The van der Waals surface area contributed by atoms with E-state index in [0.29, 0.717) is 25.7 Å². The maximum atomic E-state index is 13.0. The minimum atomic E-state index is -4.96. The molecule has 0 spiro atoms. The summed E-state index contributed by atoms with van der Waals surface area (Å²) >= 11 is 0. The van der Waals surface area contributed by atoms with Gasteiger partial charge in [0, 0.05) is 25.7 Å². The predicted molar refractivity (Wildman–Crippen MR) is 372 cm³/mol. The summed E-state index contributed by atoms with van der Waals surface area (Å²) in [4.78, 5) is 72.4. The van der Waals surface area contributed by atoms with Gasteiger partial charge in [-0.15, -0.1) is 0 Å². The van der Waals surface area contributed by atoms with Crippen LogP contribution in [0, 0.1) is 5.92 Å². The van der Waals surface area contributed by atoms with Crippen LogP contribution in [0.15, 0.2) is 24.3 Å². The third kappa shape index (κ3) is 66.2. The van der Waals surface area contributed by atoms with Gasteiger partial charge in [0.1, 0.15) is 19.3 Å². The first-order valence-electron chi connectivity index (χ1n) is 37.5. The molecule has 0 rings (SSSR count). The zero-order valence-electron chi connectivity index (χ0n) is 59.2. The van der Waals surface area contributed by atoms with Crippen LogP contribution in [-0.2, 0) is 65.4 Å². The second-order valence-corrected chi connectivity index (χ2v) is 29.0. The number of esters is 4. The summed E-state index contributed by atoms with van der Waals surface area (Å²) < 4.78 is 68.1. The molecular weight excluding hydrogens is 1210 g/mol. The van der Waals surface area contributed by atoms with Gasteiger partial charge in [0.25, 0.3) is 0 Å². The molecule has 0 aromatic rings. The number of hydrogen-bond donors (Lipinski definition) is 3. The van der Waals surface area contributed by atoms with Crippen LogP contribution in [0.2, 0.25) is 0 Å². The Morgan fingerprint density at radius 1 is 0.337 bits per heavy atom. The van der Waals surface area contributed by atoms with E-state index >= 15 is 0 Å². The molecule has 17 nitrogen and oxygen atoms in total. The summed E-state index contributed by atoms with van der Waals surface area (Å²) in [6.45, 7) is 7.14. The van der Waals surface area contributed by atoms with Crippen molar-refractivity contribution in [2.45, 2.75) is 374 Å². The van der Waals surface area contributed by atoms with E-state index < -0.39 is 97.5 Å². The van der Waals surface area contributed by atoms with Crippen molar-refractivity contribution in [3.8, 4) is 0 Å². The van der Waals surface area contributed by atoms with Gasteiger partial charge in [-0.1, -0.05) is 303 Å². The summed E-state index contributed by atoms with van der Waals surface area (Å²) in [5, 5.41) is 10.6. The lowest BCUT2D eigenvalue weighted by Gasteiger charge is -2.21. The van der Waals surface area contributed by atoms with E-state index in [1.807, 2.05) is 0 Å². The van der Waals surface area contributed by atoms with Crippen LogP contribution in [0.1, 0.15) is 356 Å². The summed E-state index contributed by atoms with van der Waals surface area (Å²) in [5.74, 6) is -1.36. The highest BCUT2D eigenvalue weighted by atomic mass is 31.2. The molecule has 5 atom stereocenters. The van der Waals surface area contributed by atoms with E-state index in [-0.39, 0.29) is 25.7 Å². The molecule has 92 heavy (non-hydrogen) atoms. The first-order chi connectivity index (χ1) is 44.5. The van der Waals surface area contributed by atoms with Gasteiger partial charge in [-0.25, -0.2) is 9.13 Å². The van der Waals surface area contributed by atoms with Crippen molar-refractivity contribution in [2.75, 3.05) is 39.6 Å². The Labute approximate surface area is 561 Å². The van der Waals surface area contributed by atoms with Crippen LogP contribution in [0.25, 0.3) is 0 Å². The number of unbranched alkanes of at least 4 members (excludes halogenated alkanes) is 40. The number of phosphoric acid groups is 2. The number of carbonyl (C=O) groups is 4. The fourth-order valence-corrected chi connectivity index (χ4v) is 12.2. The highest BCUT2D eigenvalue weighted by Crippen LogP contribution is 2.45. The summed E-state index contributed by atoms with van der Waals surface area (Å²) in [6.07, 6.45) is 56.6. The van der Waals surface area contributed by atoms with Crippen LogP contribution in [0.3, 0.4) is 0 Å². The zero-order valence-corrected chi connectivity index (χ0v) is 61.0. The fourth-order valence-electron chi connectivity index (χ4n) is 10.6. The van der Waals surface area contributed by atoms with Crippen LogP contribution in [-0.4, -0.2) is 96.7 Å². The number of hydrogen-bond acceptors (Lipinski definition) is 15. The molecule has 0 aromatic heterocycles. The van der Waals surface area contributed by atoms with Crippen LogP contribution in [0.4, 0.5) is 0 Å². The highest BCUT2D eigenvalue weighted by molar-refractivity contribution is 7.47. The molecule has 19 heteroatoms. The quantitative estimate of drug-likeness (QED) is 0.0169. The average Bonchev–Trinajstić information content (AvgIpc) is 3.66. The van der Waals surface area contributed by atoms with E-state index in [1.165, 1.54) is 154 Å². The number of rotatable bonds is 71. The molecule has 0 saturated carbocycles. The van der Waals surface area contributed by atoms with Gasteiger partial charge >= 0.3 is 39.5 Å². The van der Waals surface area contributed by atoms with E-state index in [4.69, 9.17) is 37.0 Å². The fraction of sp³-hybridized carbons (Fsp3) is 0.890. The molecule has 2 unspecified atom stereocenters. The van der Waals surface area contributed by atoms with Crippen molar-refractivity contribution < 1.29 is 80.2 Å². The minimum absolute atomic E-state index is 0.101. The summed E-state index contributed by atoms with van der Waals surface area (Å²) in [5.41, 5.74) is 0. The Bertz CT molecular complexity index is 1860.